The van der Waals surface area contributed by atoms with Gasteiger partial charge in [-0.15, -0.1) is 11.3 Å². The number of hydrogen-bond acceptors (Lipinski definition) is 8. The SMILES string of the molecule is CCCN(CCC)CCOc1cc(NC(=O)c2sc(-c3cnccn3)nc2C)ccc1OC. The minimum atomic E-state index is -0.228. The highest BCUT2D eigenvalue weighted by Crippen LogP contribution is 2.31. The smallest absolute Gasteiger partial charge is 0.267 e. The van der Waals surface area contributed by atoms with Gasteiger partial charge in [0, 0.05) is 30.7 Å². The first-order valence-electron chi connectivity index (χ1n) is 11.1. The Hall–Kier alpha value is -3.04. The monoisotopic (exact) mass is 469 g/mol. The van der Waals surface area contributed by atoms with E-state index in [0.717, 1.165) is 32.5 Å². The third kappa shape index (κ3) is 6.72. The molecule has 1 aromatic carbocycles. The van der Waals surface area contributed by atoms with Crippen LogP contribution in [0.25, 0.3) is 10.7 Å². The van der Waals surface area contributed by atoms with Gasteiger partial charge in [-0.25, -0.2) is 4.98 Å². The number of benzene rings is 1. The topological polar surface area (TPSA) is 89.5 Å². The second kappa shape index (κ2) is 12.3. The minimum absolute atomic E-state index is 0.228. The Morgan fingerprint density at radius 2 is 1.91 bits per heavy atom. The van der Waals surface area contributed by atoms with Crippen LogP contribution in [0.5, 0.6) is 11.5 Å². The lowest BCUT2D eigenvalue weighted by Crippen LogP contribution is -2.30. The Labute approximate surface area is 199 Å². The average molecular weight is 470 g/mol. The standard InChI is InChI=1S/C24H31N5O3S/c1-5-11-29(12-6-2)13-14-32-21-15-18(7-8-20(21)31-4)28-23(30)22-17(3)27-24(33-22)19-16-25-9-10-26-19/h7-10,15-16H,5-6,11-14H2,1-4H3,(H,28,30). The van der Waals surface area contributed by atoms with Crippen LogP contribution >= 0.6 is 11.3 Å². The van der Waals surface area contributed by atoms with Gasteiger partial charge in [0.2, 0.25) is 0 Å². The van der Waals surface area contributed by atoms with Gasteiger partial charge in [0.1, 0.15) is 22.2 Å². The highest BCUT2D eigenvalue weighted by atomic mass is 32.1. The number of carbonyl (C=O) groups excluding carboxylic acids is 1. The van der Waals surface area contributed by atoms with Gasteiger partial charge in [-0.3, -0.25) is 19.7 Å². The Kier molecular flexibility index (Phi) is 9.14. The molecule has 0 saturated carbocycles. The van der Waals surface area contributed by atoms with Crippen molar-refractivity contribution in [2.75, 3.05) is 38.7 Å². The molecule has 0 saturated heterocycles. The van der Waals surface area contributed by atoms with Crippen LogP contribution in [0.2, 0.25) is 0 Å². The second-order valence-electron chi connectivity index (χ2n) is 7.53. The molecule has 2 heterocycles. The van der Waals surface area contributed by atoms with Crippen LogP contribution in [0.3, 0.4) is 0 Å². The number of rotatable bonds is 12. The van der Waals surface area contributed by atoms with Crippen LogP contribution in [0.15, 0.2) is 36.8 Å². The molecule has 2 aromatic heterocycles. The zero-order chi connectivity index (χ0) is 23.6. The first kappa shape index (κ1) is 24.6. The number of nitrogens with zero attached hydrogens (tertiary/aromatic N) is 4. The van der Waals surface area contributed by atoms with E-state index in [1.54, 1.807) is 43.9 Å². The lowest BCUT2D eigenvalue weighted by atomic mass is 10.2. The summed E-state index contributed by atoms with van der Waals surface area (Å²) in [5, 5.41) is 3.61. The number of amides is 1. The molecule has 3 rings (SSSR count). The number of aromatic nitrogens is 3. The van der Waals surface area contributed by atoms with Gasteiger partial charge in [0.25, 0.3) is 5.91 Å². The van der Waals surface area contributed by atoms with Crippen LogP contribution in [0.1, 0.15) is 42.1 Å². The van der Waals surface area contributed by atoms with E-state index < -0.39 is 0 Å². The van der Waals surface area contributed by atoms with Crippen molar-refractivity contribution >= 4 is 22.9 Å². The van der Waals surface area contributed by atoms with E-state index in [0.29, 0.717) is 45.1 Å². The molecule has 0 atom stereocenters. The predicted molar refractivity (Wildman–Crippen MR) is 131 cm³/mol. The van der Waals surface area contributed by atoms with E-state index in [-0.39, 0.29) is 5.91 Å². The van der Waals surface area contributed by atoms with Crippen LogP contribution in [-0.4, -0.2) is 59.1 Å². The fourth-order valence-electron chi connectivity index (χ4n) is 3.43. The van der Waals surface area contributed by atoms with Crippen molar-refractivity contribution in [2.45, 2.75) is 33.6 Å². The second-order valence-corrected chi connectivity index (χ2v) is 8.53. The van der Waals surface area contributed by atoms with Gasteiger partial charge in [0.15, 0.2) is 11.5 Å². The number of ether oxygens (including phenoxy) is 2. The molecule has 0 aliphatic rings. The van der Waals surface area contributed by atoms with E-state index in [9.17, 15) is 4.79 Å². The normalized spacial score (nSPS) is 10.9. The Morgan fingerprint density at radius 1 is 1.12 bits per heavy atom. The van der Waals surface area contributed by atoms with E-state index in [1.807, 2.05) is 6.92 Å². The Morgan fingerprint density at radius 3 is 2.58 bits per heavy atom. The highest BCUT2D eigenvalue weighted by Gasteiger charge is 2.18. The molecule has 8 nitrogen and oxygen atoms in total. The average Bonchev–Trinajstić information content (AvgIpc) is 3.22. The van der Waals surface area contributed by atoms with Gasteiger partial charge in [-0.2, -0.15) is 0 Å². The fourth-order valence-corrected chi connectivity index (χ4v) is 4.36. The first-order chi connectivity index (χ1) is 16.0. The Bertz CT molecular complexity index is 1040. The maximum atomic E-state index is 12.9. The van der Waals surface area contributed by atoms with Crippen molar-refractivity contribution in [1.29, 1.82) is 0 Å². The molecule has 0 aliphatic carbocycles. The van der Waals surface area contributed by atoms with E-state index in [1.165, 1.54) is 11.3 Å². The summed E-state index contributed by atoms with van der Waals surface area (Å²) < 4.78 is 11.5. The van der Waals surface area contributed by atoms with Gasteiger partial charge in [-0.05, 0) is 45.0 Å². The zero-order valence-corrected chi connectivity index (χ0v) is 20.4. The summed E-state index contributed by atoms with van der Waals surface area (Å²) in [7, 11) is 1.61. The number of methoxy groups -OCH3 is 1. The molecular weight excluding hydrogens is 438 g/mol. The molecule has 1 amide bonds. The number of thiazole rings is 1. The summed E-state index contributed by atoms with van der Waals surface area (Å²) >= 11 is 1.29. The van der Waals surface area contributed by atoms with Crippen LogP contribution in [-0.2, 0) is 0 Å². The number of hydrogen-bond donors (Lipinski definition) is 1. The van der Waals surface area contributed by atoms with Crippen molar-refractivity contribution in [2.24, 2.45) is 0 Å². The van der Waals surface area contributed by atoms with Gasteiger partial charge < -0.3 is 14.8 Å². The molecule has 0 fully saturated rings. The predicted octanol–water partition coefficient (Wildman–Crippen LogP) is 4.67. The summed E-state index contributed by atoms with van der Waals surface area (Å²) in [5.41, 5.74) is 1.92. The van der Waals surface area contributed by atoms with E-state index in [2.05, 4.69) is 39.0 Å². The summed E-state index contributed by atoms with van der Waals surface area (Å²) in [6, 6.07) is 5.38. The van der Waals surface area contributed by atoms with Crippen molar-refractivity contribution < 1.29 is 14.3 Å². The highest BCUT2D eigenvalue weighted by molar-refractivity contribution is 7.17. The molecule has 3 aromatic rings. The van der Waals surface area contributed by atoms with Gasteiger partial charge >= 0.3 is 0 Å². The molecule has 0 unspecified atom stereocenters. The molecule has 0 aliphatic heterocycles. The minimum Gasteiger partial charge on any atom is -0.493 e. The quantitative estimate of drug-likeness (QED) is 0.412. The molecule has 1 N–H and O–H groups in total. The fraction of sp³-hybridized carbons (Fsp3) is 0.417. The number of anilines is 1. The van der Waals surface area contributed by atoms with Crippen LogP contribution in [0.4, 0.5) is 5.69 Å². The maximum Gasteiger partial charge on any atom is 0.267 e. The largest absolute Gasteiger partial charge is 0.493 e. The molecule has 33 heavy (non-hydrogen) atoms. The van der Waals surface area contributed by atoms with Crippen molar-refractivity contribution in [3.8, 4) is 22.2 Å². The van der Waals surface area contributed by atoms with Crippen LogP contribution < -0.4 is 14.8 Å². The third-order valence-electron chi connectivity index (χ3n) is 4.95. The molecule has 0 spiro atoms. The van der Waals surface area contributed by atoms with Gasteiger partial charge in [0.05, 0.1) is 19.0 Å². The lowest BCUT2D eigenvalue weighted by Gasteiger charge is -2.21. The molecule has 0 bridgehead atoms. The third-order valence-corrected chi connectivity index (χ3v) is 6.13. The summed E-state index contributed by atoms with van der Waals surface area (Å²) in [4.78, 5) is 28.7. The number of aryl methyl sites for hydroxylation is 1. The molecule has 0 radical (unpaired) electrons. The van der Waals surface area contributed by atoms with Crippen molar-refractivity contribution in [3.63, 3.8) is 0 Å². The Balaban J connectivity index is 1.69. The summed E-state index contributed by atoms with van der Waals surface area (Å²) in [5.74, 6) is 1.00. The van der Waals surface area contributed by atoms with Crippen LogP contribution in [0, 0.1) is 6.92 Å². The van der Waals surface area contributed by atoms with Crippen molar-refractivity contribution in [3.05, 3.63) is 47.4 Å². The molecule has 9 heteroatoms. The first-order valence-corrected chi connectivity index (χ1v) is 12.0. The maximum absolute atomic E-state index is 12.9. The van der Waals surface area contributed by atoms with Gasteiger partial charge in [-0.1, -0.05) is 13.8 Å². The van der Waals surface area contributed by atoms with E-state index >= 15 is 0 Å². The summed E-state index contributed by atoms with van der Waals surface area (Å²) in [6.07, 6.45) is 7.07. The molecular formula is C24H31N5O3S. The van der Waals surface area contributed by atoms with Crippen molar-refractivity contribution in [1.82, 2.24) is 19.9 Å². The number of carbonyl (C=O) groups is 1. The lowest BCUT2D eigenvalue weighted by molar-refractivity contribution is 0.103. The zero-order valence-electron chi connectivity index (χ0n) is 19.6. The number of nitrogens with one attached hydrogen (secondary N) is 1. The summed E-state index contributed by atoms with van der Waals surface area (Å²) in [6.45, 7) is 9.66. The van der Waals surface area contributed by atoms with E-state index in [4.69, 9.17) is 9.47 Å². The molecule has 176 valence electrons.